The number of hydrogen-bond acceptors (Lipinski definition) is 10. The highest BCUT2D eigenvalue weighted by atomic mass is 35.5. The Morgan fingerprint density at radius 2 is 2.12 bits per heavy atom. The molecule has 0 aromatic carbocycles. The quantitative estimate of drug-likeness (QED) is 0.544. The molecule has 1 N–H and O–H groups in total. The summed E-state index contributed by atoms with van der Waals surface area (Å²) in [6.45, 7) is 2.16. The molecule has 1 unspecified atom stereocenters. The van der Waals surface area contributed by atoms with Crippen LogP contribution < -0.4 is 4.90 Å². The van der Waals surface area contributed by atoms with Crippen LogP contribution in [0.4, 0.5) is 5.82 Å². The molecular formula is C19H21ClN6O4S2. The normalized spacial score (nSPS) is 19.9. The Morgan fingerprint density at radius 1 is 1.28 bits per heavy atom. The summed E-state index contributed by atoms with van der Waals surface area (Å²) in [6.07, 6.45) is 7.48. The van der Waals surface area contributed by atoms with Crippen molar-refractivity contribution >= 4 is 50.3 Å². The third kappa shape index (κ3) is 4.55. The second-order valence-corrected chi connectivity index (χ2v) is 11.1. The van der Waals surface area contributed by atoms with Gasteiger partial charge in [0.1, 0.15) is 10.8 Å². The SMILES string of the molecule is CS(=O)(=O)c1nc2nc(Sc3ccnc(N4CC(OC5CCCCO5)C4)c3Cl)cnc2[nH]1. The Balaban J connectivity index is 1.28. The van der Waals surface area contributed by atoms with E-state index in [1.807, 2.05) is 0 Å². The fourth-order valence-corrected chi connectivity index (χ4v) is 5.19. The largest absolute Gasteiger partial charge is 0.353 e. The first kappa shape index (κ1) is 21.8. The monoisotopic (exact) mass is 496 g/mol. The Morgan fingerprint density at radius 3 is 2.88 bits per heavy atom. The van der Waals surface area contributed by atoms with E-state index in [0.717, 1.165) is 37.0 Å². The topological polar surface area (TPSA) is 123 Å². The predicted octanol–water partition coefficient (Wildman–Crippen LogP) is 2.69. The van der Waals surface area contributed by atoms with Gasteiger partial charge in [-0.15, -0.1) is 0 Å². The number of rotatable bonds is 6. The van der Waals surface area contributed by atoms with E-state index in [9.17, 15) is 8.42 Å². The number of nitrogens with zero attached hydrogens (tertiary/aromatic N) is 5. The number of imidazole rings is 1. The van der Waals surface area contributed by atoms with E-state index in [1.54, 1.807) is 18.5 Å². The zero-order chi connectivity index (χ0) is 22.3. The van der Waals surface area contributed by atoms with Crippen LogP contribution in [0.5, 0.6) is 0 Å². The minimum atomic E-state index is -3.48. The fraction of sp³-hybridized carbons (Fsp3) is 0.474. The van der Waals surface area contributed by atoms with E-state index in [0.29, 0.717) is 34.6 Å². The van der Waals surface area contributed by atoms with Gasteiger partial charge in [-0.25, -0.2) is 23.4 Å². The van der Waals surface area contributed by atoms with Gasteiger partial charge < -0.3 is 19.4 Å². The first-order valence-corrected chi connectivity index (χ1v) is 13.2. The molecule has 3 aromatic rings. The lowest BCUT2D eigenvalue weighted by Gasteiger charge is -2.42. The Kier molecular flexibility index (Phi) is 5.97. The summed E-state index contributed by atoms with van der Waals surface area (Å²) < 4.78 is 35.0. The lowest BCUT2D eigenvalue weighted by molar-refractivity contribution is -0.191. The van der Waals surface area contributed by atoms with Gasteiger partial charge in [-0.2, -0.15) is 4.98 Å². The number of anilines is 1. The summed E-state index contributed by atoms with van der Waals surface area (Å²) in [5.74, 6) is 0.689. The molecule has 0 bridgehead atoms. The molecule has 170 valence electrons. The summed E-state index contributed by atoms with van der Waals surface area (Å²) >= 11 is 7.96. The van der Waals surface area contributed by atoms with Crippen molar-refractivity contribution in [2.24, 2.45) is 0 Å². The van der Waals surface area contributed by atoms with Gasteiger partial charge in [-0.3, -0.25) is 0 Å². The van der Waals surface area contributed by atoms with Crippen LogP contribution >= 0.6 is 23.4 Å². The van der Waals surface area contributed by atoms with Gasteiger partial charge in [0.2, 0.25) is 15.0 Å². The van der Waals surface area contributed by atoms with Crippen LogP contribution in [0.15, 0.2) is 33.5 Å². The number of H-pyrrole nitrogens is 1. The zero-order valence-electron chi connectivity index (χ0n) is 17.2. The molecule has 0 amide bonds. The number of ether oxygens (including phenoxy) is 2. The second kappa shape index (κ2) is 8.75. The highest BCUT2D eigenvalue weighted by Gasteiger charge is 2.33. The van der Waals surface area contributed by atoms with Gasteiger partial charge in [0.25, 0.3) is 0 Å². The van der Waals surface area contributed by atoms with Gasteiger partial charge in [0, 0.05) is 37.0 Å². The summed E-state index contributed by atoms with van der Waals surface area (Å²) in [4.78, 5) is 22.6. The Bertz CT molecular complexity index is 1240. The molecule has 0 aliphatic carbocycles. The van der Waals surface area contributed by atoms with Crippen molar-refractivity contribution in [2.75, 3.05) is 30.9 Å². The van der Waals surface area contributed by atoms with Crippen LogP contribution in [0.3, 0.4) is 0 Å². The number of aromatic nitrogens is 5. The Labute approximate surface area is 194 Å². The third-order valence-corrected chi connectivity index (χ3v) is 7.54. The van der Waals surface area contributed by atoms with E-state index in [4.69, 9.17) is 21.1 Å². The third-order valence-electron chi connectivity index (χ3n) is 5.20. The molecule has 32 heavy (non-hydrogen) atoms. The van der Waals surface area contributed by atoms with Gasteiger partial charge in [0.15, 0.2) is 17.6 Å². The molecular weight excluding hydrogens is 476 g/mol. The summed E-state index contributed by atoms with van der Waals surface area (Å²) in [6, 6.07) is 1.80. The van der Waals surface area contributed by atoms with Gasteiger partial charge >= 0.3 is 0 Å². The fourth-order valence-electron chi connectivity index (χ4n) is 3.54. The van der Waals surface area contributed by atoms with Gasteiger partial charge in [0.05, 0.1) is 17.3 Å². The van der Waals surface area contributed by atoms with Crippen molar-refractivity contribution in [2.45, 2.75) is 46.7 Å². The van der Waals surface area contributed by atoms with E-state index >= 15 is 0 Å². The Hall–Kier alpha value is -1.99. The molecule has 2 fully saturated rings. The van der Waals surface area contributed by atoms with Crippen LogP contribution in [0.1, 0.15) is 19.3 Å². The number of nitrogens with one attached hydrogen (secondary N) is 1. The molecule has 2 saturated heterocycles. The molecule has 1 atom stereocenters. The molecule has 2 aliphatic heterocycles. The van der Waals surface area contributed by atoms with E-state index < -0.39 is 9.84 Å². The maximum absolute atomic E-state index is 11.7. The maximum atomic E-state index is 11.7. The van der Waals surface area contributed by atoms with Crippen molar-refractivity contribution in [3.63, 3.8) is 0 Å². The van der Waals surface area contributed by atoms with Crippen molar-refractivity contribution in [1.29, 1.82) is 0 Å². The second-order valence-electron chi connectivity index (χ2n) is 7.70. The maximum Gasteiger partial charge on any atom is 0.228 e. The van der Waals surface area contributed by atoms with Crippen molar-refractivity contribution < 1.29 is 17.9 Å². The molecule has 5 rings (SSSR count). The average molecular weight is 497 g/mol. The molecule has 2 aliphatic rings. The molecule has 0 radical (unpaired) electrons. The van der Waals surface area contributed by atoms with E-state index in [2.05, 4.69) is 29.8 Å². The van der Waals surface area contributed by atoms with E-state index in [1.165, 1.54) is 11.8 Å². The van der Waals surface area contributed by atoms with Gasteiger partial charge in [-0.1, -0.05) is 23.4 Å². The highest BCUT2D eigenvalue weighted by Crippen LogP contribution is 2.38. The standard InChI is InChI=1S/C19H21ClN6O4S2/c1-32(27,28)19-24-16-17(25-19)23-13(8-22-16)31-12-5-6-21-18(15(12)20)26-9-11(10-26)30-14-4-2-3-7-29-14/h5-6,8,11,14H,2-4,7,9-10H2,1H3,(H,22,23,24,25). The lowest BCUT2D eigenvalue weighted by atomic mass is 10.1. The molecule has 0 spiro atoms. The predicted molar refractivity (Wildman–Crippen MR) is 119 cm³/mol. The minimum absolute atomic E-state index is 0.101. The van der Waals surface area contributed by atoms with E-state index in [-0.39, 0.29) is 23.2 Å². The van der Waals surface area contributed by atoms with Crippen molar-refractivity contribution in [3.05, 3.63) is 23.5 Å². The van der Waals surface area contributed by atoms with Crippen LogP contribution in [-0.4, -0.2) is 71.7 Å². The van der Waals surface area contributed by atoms with Crippen LogP contribution in [-0.2, 0) is 19.3 Å². The number of pyridine rings is 1. The average Bonchev–Trinajstić information content (AvgIpc) is 3.17. The smallest absolute Gasteiger partial charge is 0.228 e. The first-order chi connectivity index (χ1) is 15.4. The number of halogens is 1. The van der Waals surface area contributed by atoms with Crippen LogP contribution in [0.2, 0.25) is 5.02 Å². The first-order valence-electron chi connectivity index (χ1n) is 10.1. The molecule has 10 nitrogen and oxygen atoms in total. The molecule has 0 saturated carbocycles. The molecule has 3 aromatic heterocycles. The van der Waals surface area contributed by atoms with Crippen LogP contribution in [0, 0.1) is 0 Å². The molecule has 5 heterocycles. The minimum Gasteiger partial charge on any atom is -0.353 e. The van der Waals surface area contributed by atoms with Crippen molar-refractivity contribution in [3.8, 4) is 0 Å². The number of fused-ring (bicyclic) bond motifs is 1. The number of sulfone groups is 1. The number of aromatic amines is 1. The molecule has 13 heteroatoms. The van der Waals surface area contributed by atoms with Crippen LogP contribution in [0.25, 0.3) is 11.3 Å². The number of hydrogen-bond donors (Lipinski definition) is 1. The lowest BCUT2D eigenvalue weighted by Crippen LogP contribution is -2.54. The summed E-state index contributed by atoms with van der Waals surface area (Å²) in [7, 11) is -3.48. The zero-order valence-corrected chi connectivity index (χ0v) is 19.6. The summed E-state index contributed by atoms with van der Waals surface area (Å²) in [5.41, 5.74) is 0.540. The van der Waals surface area contributed by atoms with Gasteiger partial charge in [-0.05, 0) is 25.3 Å². The summed E-state index contributed by atoms with van der Waals surface area (Å²) in [5, 5.41) is 0.903. The highest BCUT2D eigenvalue weighted by molar-refractivity contribution is 7.99. The van der Waals surface area contributed by atoms with Crippen molar-refractivity contribution in [1.82, 2.24) is 24.9 Å².